The highest BCUT2D eigenvalue weighted by molar-refractivity contribution is 6.52. The Morgan fingerprint density at radius 2 is 1.75 bits per heavy atom. The summed E-state index contributed by atoms with van der Waals surface area (Å²) in [5.74, 6) is -2.10. The number of carbonyl (C=O) groups is 4. The zero-order valence-corrected chi connectivity index (χ0v) is 15.1. The molecule has 0 bridgehead atoms. The number of rotatable bonds is 7. The van der Waals surface area contributed by atoms with Gasteiger partial charge in [-0.25, -0.2) is 0 Å². The lowest BCUT2D eigenvalue weighted by Crippen LogP contribution is -2.36. The molecule has 8 heteroatoms. The third-order valence-electron chi connectivity index (χ3n) is 3.98. The van der Waals surface area contributed by atoms with Crippen molar-refractivity contribution in [1.82, 2.24) is 0 Å². The molecule has 0 atom stereocenters. The molecule has 1 aliphatic rings. The summed E-state index contributed by atoms with van der Waals surface area (Å²) in [5.41, 5.74) is 1.13. The van der Waals surface area contributed by atoms with Crippen LogP contribution >= 0.6 is 0 Å². The van der Waals surface area contributed by atoms with Crippen LogP contribution in [-0.2, 0) is 19.1 Å². The van der Waals surface area contributed by atoms with E-state index in [4.69, 9.17) is 9.47 Å². The zero-order valence-electron chi connectivity index (χ0n) is 15.1. The van der Waals surface area contributed by atoms with Crippen LogP contribution < -0.4 is 15.0 Å². The molecule has 0 saturated heterocycles. The highest BCUT2D eigenvalue weighted by Gasteiger charge is 2.36. The topological polar surface area (TPSA) is 102 Å². The maximum atomic E-state index is 12.0. The Kier molecular flexibility index (Phi) is 5.69. The number of amides is 2. The SMILES string of the molecule is CCOc1ccc(NC(=O)COC(=O)CN2C(=O)C(=O)c3ccccc32)cc1. The first kappa shape index (κ1) is 19.1. The number of carbonyl (C=O) groups excluding carboxylic acids is 4. The Labute approximate surface area is 161 Å². The molecule has 144 valence electrons. The number of anilines is 2. The Bertz CT molecular complexity index is 923. The molecule has 2 aromatic carbocycles. The van der Waals surface area contributed by atoms with E-state index in [-0.39, 0.29) is 5.56 Å². The molecule has 0 saturated carbocycles. The van der Waals surface area contributed by atoms with Crippen LogP contribution in [0.4, 0.5) is 11.4 Å². The van der Waals surface area contributed by atoms with Crippen molar-refractivity contribution in [2.45, 2.75) is 6.92 Å². The van der Waals surface area contributed by atoms with Gasteiger partial charge >= 0.3 is 5.97 Å². The predicted octanol–water partition coefficient (Wildman–Crippen LogP) is 1.80. The molecule has 0 fully saturated rings. The molecule has 2 aromatic rings. The average Bonchev–Trinajstić information content (AvgIpc) is 2.93. The van der Waals surface area contributed by atoms with E-state index in [2.05, 4.69) is 5.32 Å². The number of ether oxygens (including phenoxy) is 2. The lowest BCUT2D eigenvalue weighted by molar-refractivity contribution is -0.146. The van der Waals surface area contributed by atoms with Crippen molar-refractivity contribution >= 4 is 34.9 Å². The summed E-state index contributed by atoms with van der Waals surface area (Å²) in [4.78, 5) is 48.9. The molecular weight excluding hydrogens is 364 g/mol. The quantitative estimate of drug-likeness (QED) is 0.579. The first-order chi connectivity index (χ1) is 13.5. The van der Waals surface area contributed by atoms with Crippen LogP contribution in [0.1, 0.15) is 17.3 Å². The Balaban J connectivity index is 1.51. The smallest absolute Gasteiger partial charge is 0.326 e. The van der Waals surface area contributed by atoms with Crippen LogP contribution in [0.2, 0.25) is 0 Å². The van der Waals surface area contributed by atoms with Crippen molar-refractivity contribution < 1.29 is 28.7 Å². The summed E-state index contributed by atoms with van der Waals surface area (Å²) in [5, 5.41) is 2.59. The summed E-state index contributed by atoms with van der Waals surface area (Å²) in [6.07, 6.45) is 0. The van der Waals surface area contributed by atoms with Gasteiger partial charge < -0.3 is 14.8 Å². The molecular formula is C20H18N2O6. The number of ketones is 1. The Morgan fingerprint density at radius 1 is 1.04 bits per heavy atom. The van der Waals surface area contributed by atoms with Crippen LogP contribution in [0.3, 0.4) is 0 Å². The Morgan fingerprint density at radius 3 is 2.46 bits per heavy atom. The van der Waals surface area contributed by atoms with E-state index < -0.39 is 36.7 Å². The third kappa shape index (κ3) is 4.17. The minimum Gasteiger partial charge on any atom is -0.494 e. The lowest BCUT2D eigenvalue weighted by Gasteiger charge is -2.15. The maximum absolute atomic E-state index is 12.0. The predicted molar refractivity (Wildman–Crippen MR) is 100 cm³/mol. The third-order valence-corrected chi connectivity index (χ3v) is 3.98. The van der Waals surface area contributed by atoms with Gasteiger partial charge in [0.2, 0.25) is 0 Å². The molecule has 2 amide bonds. The molecule has 0 aromatic heterocycles. The first-order valence-corrected chi connectivity index (χ1v) is 8.63. The van der Waals surface area contributed by atoms with Gasteiger partial charge in [-0.05, 0) is 43.3 Å². The van der Waals surface area contributed by atoms with E-state index in [0.717, 1.165) is 4.90 Å². The minimum atomic E-state index is -0.794. The summed E-state index contributed by atoms with van der Waals surface area (Å²) in [6.45, 7) is 1.45. The standard InChI is InChI=1S/C20H18N2O6/c1-2-27-14-9-7-13(8-10-14)21-17(23)12-28-18(24)11-22-16-6-4-3-5-15(16)19(25)20(22)26/h3-10H,2,11-12H2,1H3,(H,21,23). The maximum Gasteiger partial charge on any atom is 0.326 e. The molecule has 0 unspecified atom stereocenters. The number of para-hydroxylation sites is 1. The minimum absolute atomic E-state index is 0.244. The molecule has 1 aliphatic heterocycles. The van der Waals surface area contributed by atoms with E-state index in [1.54, 1.807) is 42.5 Å². The van der Waals surface area contributed by atoms with Crippen molar-refractivity contribution in [3.8, 4) is 5.75 Å². The summed E-state index contributed by atoms with van der Waals surface area (Å²) >= 11 is 0. The number of Topliss-reactive ketones (excluding diaryl/α,β-unsaturated/α-hetero) is 1. The number of hydrogen-bond donors (Lipinski definition) is 1. The fraction of sp³-hybridized carbons (Fsp3) is 0.200. The van der Waals surface area contributed by atoms with Crippen LogP contribution in [0, 0.1) is 0 Å². The van der Waals surface area contributed by atoms with E-state index in [9.17, 15) is 19.2 Å². The fourth-order valence-corrected chi connectivity index (χ4v) is 2.72. The van der Waals surface area contributed by atoms with Gasteiger partial charge in [-0.15, -0.1) is 0 Å². The van der Waals surface area contributed by atoms with Gasteiger partial charge in [0, 0.05) is 5.69 Å². The second-order valence-corrected chi connectivity index (χ2v) is 5.90. The highest BCUT2D eigenvalue weighted by Crippen LogP contribution is 2.28. The Hall–Kier alpha value is -3.68. The van der Waals surface area contributed by atoms with Gasteiger partial charge in [0.15, 0.2) is 6.61 Å². The zero-order chi connectivity index (χ0) is 20.1. The molecule has 1 heterocycles. The van der Waals surface area contributed by atoms with Crippen molar-refractivity contribution in [3.63, 3.8) is 0 Å². The summed E-state index contributed by atoms with van der Waals surface area (Å²) < 4.78 is 10.2. The molecule has 0 aliphatic carbocycles. The van der Waals surface area contributed by atoms with Gasteiger partial charge in [0.05, 0.1) is 17.9 Å². The van der Waals surface area contributed by atoms with Gasteiger partial charge in [-0.2, -0.15) is 0 Å². The van der Waals surface area contributed by atoms with Gasteiger partial charge in [-0.3, -0.25) is 24.1 Å². The molecule has 0 spiro atoms. The van der Waals surface area contributed by atoms with E-state index in [0.29, 0.717) is 23.7 Å². The highest BCUT2D eigenvalue weighted by atomic mass is 16.5. The van der Waals surface area contributed by atoms with Crippen LogP contribution in [0.5, 0.6) is 5.75 Å². The number of nitrogens with one attached hydrogen (secondary N) is 1. The molecule has 8 nitrogen and oxygen atoms in total. The van der Waals surface area contributed by atoms with Crippen molar-refractivity contribution in [1.29, 1.82) is 0 Å². The van der Waals surface area contributed by atoms with Crippen molar-refractivity contribution in [3.05, 3.63) is 54.1 Å². The van der Waals surface area contributed by atoms with Crippen molar-refractivity contribution in [2.24, 2.45) is 0 Å². The first-order valence-electron chi connectivity index (χ1n) is 8.63. The largest absolute Gasteiger partial charge is 0.494 e. The molecule has 28 heavy (non-hydrogen) atoms. The number of benzene rings is 2. The van der Waals surface area contributed by atoms with Crippen LogP contribution in [0.15, 0.2) is 48.5 Å². The monoisotopic (exact) mass is 382 g/mol. The second kappa shape index (κ2) is 8.34. The van der Waals surface area contributed by atoms with Gasteiger partial charge in [0.1, 0.15) is 12.3 Å². The summed E-state index contributed by atoms with van der Waals surface area (Å²) in [7, 11) is 0. The summed E-state index contributed by atoms with van der Waals surface area (Å²) in [6, 6.07) is 13.1. The lowest BCUT2D eigenvalue weighted by atomic mass is 10.1. The number of fused-ring (bicyclic) bond motifs is 1. The van der Waals surface area contributed by atoms with E-state index in [1.165, 1.54) is 6.07 Å². The van der Waals surface area contributed by atoms with Crippen LogP contribution in [-0.4, -0.2) is 43.3 Å². The number of nitrogens with zero attached hydrogens (tertiary/aromatic N) is 1. The number of esters is 1. The number of hydrogen-bond acceptors (Lipinski definition) is 6. The molecule has 3 rings (SSSR count). The molecule has 0 radical (unpaired) electrons. The van der Waals surface area contributed by atoms with Crippen molar-refractivity contribution in [2.75, 3.05) is 30.0 Å². The fourth-order valence-electron chi connectivity index (χ4n) is 2.72. The second-order valence-electron chi connectivity index (χ2n) is 5.90. The van der Waals surface area contributed by atoms with E-state index >= 15 is 0 Å². The van der Waals surface area contributed by atoms with Gasteiger partial charge in [-0.1, -0.05) is 12.1 Å². The van der Waals surface area contributed by atoms with E-state index in [1.807, 2.05) is 6.92 Å². The van der Waals surface area contributed by atoms with Gasteiger partial charge in [0.25, 0.3) is 17.6 Å². The van der Waals surface area contributed by atoms with Crippen LogP contribution in [0.25, 0.3) is 0 Å². The normalized spacial score (nSPS) is 12.5. The molecule has 1 N–H and O–H groups in total. The average molecular weight is 382 g/mol.